The van der Waals surface area contributed by atoms with Crippen LogP contribution in [0.2, 0.25) is 0 Å². The molecule has 21 atom stereocenters. The van der Waals surface area contributed by atoms with Crippen molar-refractivity contribution in [3.05, 3.63) is 149 Å². The molecule has 5 aliphatic rings. The molecule has 5 heterocycles. The molecular weight excluding hydrogens is 1320 g/mol. The van der Waals surface area contributed by atoms with Crippen LogP contribution in [0.4, 0.5) is 0 Å². The van der Waals surface area contributed by atoms with Crippen LogP contribution >= 0.6 is 0 Å². The molecule has 4 fully saturated rings. The zero-order valence-electron chi connectivity index (χ0n) is 51.4. The molecule has 5 aromatic carbocycles. The van der Waals surface area contributed by atoms with E-state index in [1.165, 1.54) is 85.0 Å². The van der Waals surface area contributed by atoms with Crippen LogP contribution in [-0.2, 0) is 57.0 Å². The van der Waals surface area contributed by atoms with Crippen LogP contribution < -0.4 is 9.47 Å². The Labute approximate surface area is 559 Å². The number of aromatic hydroxyl groups is 7. The molecule has 4 saturated heterocycles. The first-order valence-corrected chi connectivity index (χ1v) is 30.4. The molecule has 19 N–H and O–H groups in total. The number of hydrogen-bond donors (Lipinski definition) is 18. The highest BCUT2D eigenvalue weighted by atomic mass is 16.8. The molecule has 0 amide bonds. The first-order valence-electron chi connectivity index (χ1n) is 30.4. The summed E-state index contributed by atoms with van der Waals surface area (Å²) in [5, 5.41) is 193. The fraction of sp³-hybridized carbons (Fsp3) is 0.379. The number of benzene rings is 5. The smallest absolute Gasteiger partial charge is 0.330 e. The van der Waals surface area contributed by atoms with Crippen molar-refractivity contribution in [2.24, 2.45) is 0 Å². The molecule has 5 aliphatic heterocycles. The maximum atomic E-state index is 13.4. The SMILES string of the molecule is O=C(/C=C/c1ccc(O)cc1)OC[C@@H]1O[C@@H](O[C@@H]2[C@H](OC3=Cc4c(O[C@@H]5O[C@@H](CO)[C@@H](O)[C@H](O)[C@H]5O)cc(O)cc4[OH+]C3c3ccc(O)c(O)c3)O[C@@H](COC(=O)/C=C/c3ccc(O[C@@H]4O[C@H](COC(=O)/C=C/c5ccc(O)cc5)[C@@H](O)[C@@H](O)[C@H]4O)c(O)c3)[C@@H](O)[C@@H]2O)[C@H](O)[C@H](O)[C@@H]1O. The summed E-state index contributed by atoms with van der Waals surface area (Å²) < 4.78 is 67.9. The Balaban J connectivity index is 0.876. The van der Waals surface area contributed by atoms with E-state index in [-0.39, 0.29) is 51.2 Å². The quantitative estimate of drug-likeness (QED) is 0.0118. The molecule has 0 spiro atoms. The van der Waals surface area contributed by atoms with Gasteiger partial charge in [0, 0.05) is 30.4 Å². The van der Waals surface area contributed by atoms with Crippen molar-refractivity contribution in [2.45, 2.75) is 129 Å². The van der Waals surface area contributed by atoms with Crippen molar-refractivity contribution in [3.8, 4) is 51.7 Å². The molecule has 99 heavy (non-hydrogen) atoms. The van der Waals surface area contributed by atoms with E-state index in [0.717, 1.165) is 54.6 Å². The van der Waals surface area contributed by atoms with Gasteiger partial charge in [-0.3, -0.25) is 0 Å². The van der Waals surface area contributed by atoms with Gasteiger partial charge >= 0.3 is 17.9 Å². The lowest BCUT2D eigenvalue weighted by Crippen LogP contribution is -2.64. The Morgan fingerprint density at radius 3 is 1.38 bits per heavy atom. The predicted molar refractivity (Wildman–Crippen MR) is 330 cm³/mol. The van der Waals surface area contributed by atoms with Gasteiger partial charge < -0.3 is 149 Å². The summed E-state index contributed by atoms with van der Waals surface area (Å²) in [4.78, 5) is 38.7. The number of aliphatic hydroxyl groups is 13. The second-order valence-electron chi connectivity index (χ2n) is 23.2. The largest absolute Gasteiger partial charge is 0.571 e. The third-order valence-corrected chi connectivity index (χ3v) is 16.3. The van der Waals surface area contributed by atoms with E-state index >= 15 is 0 Å². The van der Waals surface area contributed by atoms with E-state index in [2.05, 4.69) is 0 Å². The minimum atomic E-state index is -2.23. The Morgan fingerprint density at radius 2 is 0.869 bits per heavy atom. The van der Waals surface area contributed by atoms with Gasteiger partial charge in [-0.1, -0.05) is 30.3 Å². The van der Waals surface area contributed by atoms with Crippen molar-refractivity contribution in [2.75, 3.05) is 26.4 Å². The molecule has 5 aromatic rings. The van der Waals surface area contributed by atoms with Crippen LogP contribution in [0, 0.1) is 0 Å². The summed E-state index contributed by atoms with van der Waals surface area (Å²) in [5.41, 5.74) is 1.10. The molecular formula is C66H71O33+. The first-order chi connectivity index (χ1) is 47.2. The highest BCUT2D eigenvalue weighted by molar-refractivity contribution is 5.88. The lowest BCUT2D eigenvalue weighted by atomic mass is 9.97. The molecule has 10 rings (SSSR count). The van der Waals surface area contributed by atoms with Crippen LogP contribution in [0.3, 0.4) is 0 Å². The fourth-order valence-electron chi connectivity index (χ4n) is 10.8. The molecule has 33 nitrogen and oxygen atoms in total. The molecule has 1 unspecified atom stereocenters. The molecule has 0 saturated carbocycles. The van der Waals surface area contributed by atoms with Crippen molar-refractivity contribution in [1.29, 1.82) is 0 Å². The number of phenolic OH excluding ortho intramolecular Hbond substituents is 6. The number of ether oxygens (including phenoxy) is 12. The number of phenols is 6. The third kappa shape index (κ3) is 17.3. The Kier molecular flexibility index (Phi) is 23.3. The fourth-order valence-corrected chi connectivity index (χ4v) is 10.8. The summed E-state index contributed by atoms with van der Waals surface area (Å²) in [5.74, 6) is -6.50. The number of hydrogen-bond acceptors (Lipinski definition) is 32. The van der Waals surface area contributed by atoms with Gasteiger partial charge in [0.15, 0.2) is 41.2 Å². The third-order valence-electron chi connectivity index (χ3n) is 16.3. The monoisotopic (exact) mass is 1390 g/mol. The number of rotatable bonds is 22. The number of carbonyl (C=O) groups excluding carboxylic acids is 3. The zero-order valence-corrected chi connectivity index (χ0v) is 51.4. The maximum absolute atomic E-state index is 13.4. The lowest BCUT2D eigenvalue weighted by Gasteiger charge is -2.46. The minimum Gasteiger partial charge on any atom is -0.571 e. The van der Waals surface area contributed by atoms with Gasteiger partial charge in [-0.25, -0.2) is 14.4 Å². The van der Waals surface area contributed by atoms with E-state index in [1.807, 2.05) is 0 Å². The summed E-state index contributed by atoms with van der Waals surface area (Å²) >= 11 is 0. The van der Waals surface area contributed by atoms with Gasteiger partial charge in [0.2, 0.25) is 18.9 Å². The Bertz CT molecular complexity index is 3750. The molecule has 0 aliphatic carbocycles. The summed E-state index contributed by atoms with van der Waals surface area (Å²) in [6.07, 6.45) is -31.6. The summed E-state index contributed by atoms with van der Waals surface area (Å²) in [7, 11) is 0. The van der Waals surface area contributed by atoms with E-state index in [1.54, 1.807) is 0 Å². The van der Waals surface area contributed by atoms with Gasteiger partial charge in [0.25, 0.3) is 11.9 Å². The predicted octanol–water partition coefficient (Wildman–Crippen LogP) is -1.95. The summed E-state index contributed by atoms with van der Waals surface area (Å²) in [6.45, 7) is -3.17. The topological polar surface area (TPSA) is 530 Å². The van der Waals surface area contributed by atoms with Crippen LogP contribution in [-0.4, -0.2) is 264 Å². The Hall–Kier alpha value is -9.21. The zero-order chi connectivity index (χ0) is 71.1. The average Bonchev–Trinajstić information content (AvgIpc) is 0.777. The first kappa shape index (κ1) is 72.5. The molecule has 0 bridgehead atoms. The van der Waals surface area contributed by atoms with Crippen molar-refractivity contribution in [3.63, 3.8) is 0 Å². The van der Waals surface area contributed by atoms with Crippen LogP contribution in [0.15, 0.2) is 121 Å². The molecule has 0 radical (unpaired) electrons. The van der Waals surface area contributed by atoms with Crippen molar-refractivity contribution >= 4 is 42.2 Å². The van der Waals surface area contributed by atoms with Gasteiger partial charge in [-0.2, -0.15) is 0 Å². The second kappa shape index (κ2) is 31.8. The Morgan fingerprint density at radius 1 is 0.414 bits per heavy atom. The second-order valence-corrected chi connectivity index (χ2v) is 23.2. The molecule has 532 valence electrons. The number of fused-ring (bicyclic) bond motifs is 1. The average molecular weight is 1390 g/mol. The number of esters is 3. The van der Waals surface area contributed by atoms with Crippen LogP contribution in [0.1, 0.15) is 33.9 Å². The minimum absolute atomic E-state index is 0.00529. The normalized spacial score (nSPS) is 31.6. The van der Waals surface area contributed by atoms with Crippen LogP contribution in [0.25, 0.3) is 24.3 Å². The van der Waals surface area contributed by atoms with E-state index < -0.39 is 196 Å². The van der Waals surface area contributed by atoms with E-state index in [9.17, 15) is 106 Å². The lowest BCUT2D eigenvalue weighted by molar-refractivity contribution is -0.364. The van der Waals surface area contributed by atoms with E-state index in [4.69, 9.17) is 56.8 Å². The highest BCUT2D eigenvalue weighted by Crippen LogP contribution is 2.48. The maximum Gasteiger partial charge on any atom is 0.330 e. The number of carbonyl (C=O) groups is 3. The van der Waals surface area contributed by atoms with Gasteiger partial charge in [0.05, 0.1) is 18.2 Å². The molecule has 33 heteroatoms. The van der Waals surface area contributed by atoms with Gasteiger partial charge in [-0.05, 0) is 89.5 Å². The van der Waals surface area contributed by atoms with Crippen molar-refractivity contribution in [1.82, 2.24) is 0 Å². The van der Waals surface area contributed by atoms with Crippen molar-refractivity contribution < 1.29 is 163 Å². The highest BCUT2D eigenvalue weighted by Gasteiger charge is 2.54. The van der Waals surface area contributed by atoms with Gasteiger partial charge in [0.1, 0.15) is 140 Å². The van der Waals surface area contributed by atoms with E-state index in [0.29, 0.717) is 11.1 Å². The number of aliphatic hydroxyl groups excluding tert-OH is 12. The standard InChI is InChI=1S/C66H70O33/c67-24-43-50(77)54(81)58(85)64(95-43)93-41-22-34(70)21-40-35(41)23-42(61(91-40)31-9-14-36(71)37(72)20-31)94-66-62(99-65-60(87)56(83)52(79)45(97-65)26-89-48(75)17-7-29-3-12-33(69)13-4-29)57(84)53(80)46(98-66)27-90-49(76)18-8-30-5-15-39(38(73)19-30)92-63-59(86)55(82)51(78)44(96-63)25-88-47(74)16-6-28-1-10-32(68)11-2-28/h1-23,43-46,50-73,77-87H,24-27H2/p+1/b16-6+,17-7+,18-8+/t43-,44+,45-,46-,50+,51+,52+,53+,54-,55+,56+,57-,58+,59+,60+,61?,62-,63+,64+,65-,66+/m0/s1. The van der Waals surface area contributed by atoms with Gasteiger partial charge in [-0.15, -0.1) is 0 Å². The summed E-state index contributed by atoms with van der Waals surface area (Å²) in [6, 6.07) is 20.8. The van der Waals surface area contributed by atoms with Crippen LogP contribution in [0.5, 0.6) is 51.7 Å². The molecule has 0 aromatic heterocycles.